The van der Waals surface area contributed by atoms with Gasteiger partial charge in [-0.15, -0.1) is 0 Å². The molecule has 5 aromatic carbocycles. The van der Waals surface area contributed by atoms with Gasteiger partial charge in [0, 0.05) is 21.4 Å². The van der Waals surface area contributed by atoms with Gasteiger partial charge in [0.2, 0.25) is 0 Å². The number of rotatable bonds is 2. The molecule has 0 unspecified atom stereocenters. The molecule has 2 nitrogen and oxygen atoms in total. The van der Waals surface area contributed by atoms with E-state index in [0.29, 0.717) is 0 Å². The molecular weight excluding hydrogens is 456 g/mol. The van der Waals surface area contributed by atoms with Gasteiger partial charge in [0.05, 0.1) is 22.9 Å². The first-order chi connectivity index (χ1) is 15.8. The molecule has 0 atom stereocenters. The van der Waals surface area contributed by atoms with Crippen molar-refractivity contribution in [1.29, 1.82) is 0 Å². The molecule has 0 radical (unpaired) electrons. The standard InChI is InChI=1S/C29H17BrN2/c30-25-13-12-22(23-7-1-2-8-24(23)25)20-15-19-11-10-18-5-3-9-26-28(18)29(19)27(16-20)32(26)21-6-4-14-31-17-21/h1-17H. The zero-order chi connectivity index (χ0) is 21.2. The van der Waals surface area contributed by atoms with E-state index in [9.17, 15) is 0 Å². The van der Waals surface area contributed by atoms with Gasteiger partial charge in [-0.2, -0.15) is 0 Å². The molecular formula is C29H17BrN2. The van der Waals surface area contributed by atoms with Gasteiger partial charge >= 0.3 is 0 Å². The number of nitrogens with zero attached hydrogens (tertiary/aromatic N) is 2. The topological polar surface area (TPSA) is 17.8 Å². The van der Waals surface area contributed by atoms with Gasteiger partial charge in [-0.05, 0) is 69.1 Å². The molecule has 0 aliphatic heterocycles. The number of hydrogen-bond acceptors (Lipinski definition) is 1. The third kappa shape index (κ3) is 2.43. The lowest BCUT2D eigenvalue weighted by atomic mass is 9.94. The predicted octanol–water partition coefficient (Wildman–Crippen LogP) is 8.35. The van der Waals surface area contributed by atoms with Crippen molar-refractivity contribution >= 4 is 59.3 Å². The first-order valence-electron chi connectivity index (χ1n) is 10.7. The number of fused-ring (bicyclic) bond motifs is 1. The second-order valence-corrected chi connectivity index (χ2v) is 9.08. The van der Waals surface area contributed by atoms with E-state index in [4.69, 9.17) is 0 Å². The third-order valence-corrected chi connectivity index (χ3v) is 7.17. The smallest absolute Gasteiger partial charge is 0.0645 e. The van der Waals surface area contributed by atoms with Gasteiger partial charge in [-0.25, -0.2) is 0 Å². The van der Waals surface area contributed by atoms with Gasteiger partial charge < -0.3 is 4.57 Å². The van der Waals surface area contributed by atoms with Crippen LogP contribution in [0, 0.1) is 0 Å². The van der Waals surface area contributed by atoms with Crippen LogP contribution in [0.15, 0.2) is 108 Å². The molecule has 3 heteroatoms. The fourth-order valence-corrected chi connectivity index (χ4v) is 5.60. The molecule has 0 aliphatic carbocycles. The van der Waals surface area contributed by atoms with Gasteiger partial charge in [-0.1, -0.05) is 70.5 Å². The molecule has 0 saturated carbocycles. The molecule has 0 amide bonds. The molecule has 0 N–H and O–H groups in total. The molecule has 32 heavy (non-hydrogen) atoms. The minimum Gasteiger partial charge on any atom is -0.308 e. The highest BCUT2D eigenvalue weighted by Crippen LogP contribution is 2.42. The van der Waals surface area contributed by atoms with Crippen molar-refractivity contribution in [3.05, 3.63) is 108 Å². The molecule has 150 valence electrons. The molecule has 2 aromatic heterocycles. The molecule has 0 bridgehead atoms. The summed E-state index contributed by atoms with van der Waals surface area (Å²) in [7, 11) is 0. The van der Waals surface area contributed by atoms with E-state index in [0.717, 1.165) is 10.2 Å². The van der Waals surface area contributed by atoms with E-state index in [1.54, 1.807) is 0 Å². The van der Waals surface area contributed by atoms with E-state index < -0.39 is 0 Å². The van der Waals surface area contributed by atoms with Crippen molar-refractivity contribution in [3.8, 4) is 16.8 Å². The van der Waals surface area contributed by atoms with Crippen molar-refractivity contribution in [2.75, 3.05) is 0 Å². The summed E-state index contributed by atoms with van der Waals surface area (Å²) in [5.41, 5.74) is 5.97. The average Bonchev–Trinajstić information content (AvgIpc) is 3.19. The first-order valence-corrected chi connectivity index (χ1v) is 11.5. The maximum absolute atomic E-state index is 4.40. The highest BCUT2D eigenvalue weighted by atomic mass is 79.9. The van der Waals surface area contributed by atoms with Gasteiger partial charge in [0.15, 0.2) is 0 Å². The van der Waals surface area contributed by atoms with E-state index in [1.165, 1.54) is 54.5 Å². The Labute approximate surface area is 193 Å². The zero-order valence-electron chi connectivity index (χ0n) is 17.1. The quantitative estimate of drug-likeness (QED) is 0.231. The summed E-state index contributed by atoms with van der Waals surface area (Å²) in [6, 6.07) is 32.8. The number of hydrogen-bond donors (Lipinski definition) is 0. The molecule has 0 fully saturated rings. The Morgan fingerprint density at radius 2 is 1.50 bits per heavy atom. The minimum atomic E-state index is 1.08. The maximum Gasteiger partial charge on any atom is 0.0645 e. The summed E-state index contributed by atoms with van der Waals surface area (Å²) >= 11 is 3.72. The van der Waals surface area contributed by atoms with Crippen LogP contribution in [0.5, 0.6) is 0 Å². The van der Waals surface area contributed by atoms with Crippen LogP contribution in [0.1, 0.15) is 0 Å². The Bertz CT molecular complexity index is 1780. The number of benzene rings is 5. The highest BCUT2D eigenvalue weighted by molar-refractivity contribution is 9.10. The van der Waals surface area contributed by atoms with Crippen LogP contribution < -0.4 is 0 Å². The van der Waals surface area contributed by atoms with E-state index in [1.807, 2.05) is 18.5 Å². The predicted molar refractivity (Wildman–Crippen MR) is 138 cm³/mol. The third-order valence-electron chi connectivity index (χ3n) is 6.48. The molecule has 0 spiro atoms. The van der Waals surface area contributed by atoms with Crippen LogP contribution in [-0.2, 0) is 0 Å². The van der Waals surface area contributed by atoms with Crippen molar-refractivity contribution in [1.82, 2.24) is 9.55 Å². The van der Waals surface area contributed by atoms with Crippen LogP contribution in [0.2, 0.25) is 0 Å². The molecule has 0 aliphatic rings. The molecule has 0 saturated heterocycles. The van der Waals surface area contributed by atoms with E-state index in [-0.39, 0.29) is 0 Å². The Hall–Kier alpha value is -3.69. The SMILES string of the molecule is Brc1ccc(-c2cc3ccc4cccc5c4c3c(c2)n5-c2cccnc2)c2ccccc12. The average molecular weight is 473 g/mol. The van der Waals surface area contributed by atoms with Gasteiger partial charge in [-0.3, -0.25) is 4.98 Å². The Kier molecular flexibility index (Phi) is 3.73. The Morgan fingerprint density at radius 3 is 2.38 bits per heavy atom. The number of aromatic nitrogens is 2. The van der Waals surface area contributed by atoms with Gasteiger partial charge in [0.1, 0.15) is 0 Å². The minimum absolute atomic E-state index is 1.08. The van der Waals surface area contributed by atoms with Crippen molar-refractivity contribution in [2.45, 2.75) is 0 Å². The first kappa shape index (κ1) is 17.9. The summed E-state index contributed by atoms with van der Waals surface area (Å²) in [4.78, 5) is 4.40. The summed E-state index contributed by atoms with van der Waals surface area (Å²) in [5, 5.41) is 7.63. The highest BCUT2D eigenvalue weighted by Gasteiger charge is 2.18. The van der Waals surface area contributed by atoms with Crippen LogP contribution in [-0.4, -0.2) is 9.55 Å². The zero-order valence-corrected chi connectivity index (χ0v) is 18.7. The van der Waals surface area contributed by atoms with Crippen LogP contribution in [0.3, 0.4) is 0 Å². The normalized spacial score (nSPS) is 11.9. The van der Waals surface area contributed by atoms with Crippen LogP contribution >= 0.6 is 15.9 Å². The van der Waals surface area contributed by atoms with Gasteiger partial charge in [0.25, 0.3) is 0 Å². The van der Waals surface area contributed by atoms with Crippen LogP contribution in [0.4, 0.5) is 0 Å². The fraction of sp³-hybridized carbons (Fsp3) is 0. The number of pyridine rings is 1. The summed E-state index contributed by atoms with van der Waals surface area (Å²) in [6.07, 6.45) is 3.77. The largest absolute Gasteiger partial charge is 0.308 e. The summed E-state index contributed by atoms with van der Waals surface area (Å²) in [5.74, 6) is 0. The van der Waals surface area contributed by atoms with E-state index >= 15 is 0 Å². The Balaban J connectivity index is 1.66. The van der Waals surface area contributed by atoms with Crippen molar-refractivity contribution < 1.29 is 0 Å². The lowest BCUT2D eigenvalue weighted by Crippen LogP contribution is -1.94. The monoisotopic (exact) mass is 472 g/mol. The molecule has 7 aromatic rings. The van der Waals surface area contributed by atoms with Crippen molar-refractivity contribution in [2.24, 2.45) is 0 Å². The lowest BCUT2D eigenvalue weighted by Gasteiger charge is -2.12. The Morgan fingerprint density at radius 1 is 0.656 bits per heavy atom. The summed E-state index contributed by atoms with van der Waals surface area (Å²) < 4.78 is 3.47. The van der Waals surface area contributed by atoms with Crippen molar-refractivity contribution in [3.63, 3.8) is 0 Å². The number of halogens is 1. The molecule has 7 rings (SSSR count). The lowest BCUT2D eigenvalue weighted by molar-refractivity contribution is 1.14. The van der Waals surface area contributed by atoms with E-state index in [2.05, 4.69) is 110 Å². The second-order valence-electron chi connectivity index (χ2n) is 8.22. The fourth-order valence-electron chi connectivity index (χ4n) is 5.13. The second kappa shape index (κ2) is 6.65. The molecule has 2 heterocycles. The maximum atomic E-state index is 4.40. The van der Waals surface area contributed by atoms with Crippen LogP contribution in [0.25, 0.3) is 60.2 Å². The summed E-state index contributed by atoms with van der Waals surface area (Å²) in [6.45, 7) is 0.